The lowest BCUT2D eigenvalue weighted by Gasteiger charge is -2.28. The van der Waals surface area contributed by atoms with Crippen LogP contribution in [-0.4, -0.2) is 0 Å². The summed E-state index contributed by atoms with van der Waals surface area (Å²) in [5.74, 6) is 0. The van der Waals surface area contributed by atoms with Crippen LogP contribution in [0.15, 0.2) is 170 Å². The Morgan fingerprint density at radius 1 is 0.290 bits per heavy atom. The highest BCUT2D eigenvalue weighted by molar-refractivity contribution is 5.89. The van der Waals surface area contributed by atoms with Crippen molar-refractivity contribution >= 4 is 46.3 Å². The van der Waals surface area contributed by atoms with E-state index in [-0.39, 0.29) is 10.8 Å². The summed E-state index contributed by atoms with van der Waals surface area (Å²) in [5, 5.41) is 0. The number of anilines is 6. The van der Waals surface area contributed by atoms with E-state index in [1.165, 1.54) is 89.3 Å². The quantitative estimate of drug-likeness (QED) is 0.141. The Hall–Kier alpha value is -6.90. The second kappa shape index (κ2) is 14.9. The Balaban J connectivity index is 0.940. The predicted molar refractivity (Wildman–Crippen MR) is 265 cm³/mol. The molecule has 8 aromatic rings. The van der Waals surface area contributed by atoms with Gasteiger partial charge in [-0.1, -0.05) is 159 Å². The standard InChI is InChI=1S/C60H54N2/c1-39-9-21-45(22-10-39)61(46-23-11-40(2)12-24-46)49-29-33-53-51-31-19-43(35-55(51)59(5,6)57(53)37-49)17-18-44-20-32-52-54-34-30-50(38-58(54)60(7,8)56(52)36-44)62(47-25-13-41(3)14-26-47)48-27-15-42(4)16-28-48/h9-38H,1-8H3/b18-17+. The Labute approximate surface area is 368 Å². The van der Waals surface area contributed by atoms with Gasteiger partial charge in [0, 0.05) is 45.0 Å². The van der Waals surface area contributed by atoms with Gasteiger partial charge in [0.05, 0.1) is 0 Å². The Kier molecular flexibility index (Phi) is 9.45. The lowest BCUT2D eigenvalue weighted by Crippen LogP contribution is -2.16. The van der Waals surface area contributed by atoms with Crippen LogP contribution in [0.2, 0.25) is 0 Å². The minimum Gasteiger partial charge on any atom is -0.310 e. The van der Waals surface area contributed by atoms with Gasteiger partial charge in [0.25, 0.3) is 0 Å². The molecule has 62 heavy (non-hydrogen) atoms. The maximum Gasteiger partial charge on any atom is 0.0465 e. The number of rotatable bonds is 8. The topological polar surface area (TPSA) is 6.48 Å². The summed E-state index contributed by atoms with van der Waals surface area (Å²) in [7, 11) is 0. The highest BCUT2D eigenvalue weighted by Gasteiger charge is 2.37. The van der Waals surface area contributed by atoms with Gasteiger partial charge < -0.3 is 9.80 Å². The van der Waals surface area contributed by atoms with Crippen molar-refractivity contribution < 1.29 is 0 Å². The minimum atomic E-state index is -0.159. The number of fused-ring (bicyclic) bond motifs is 6. The van der Waals surface area contributed by atoms with Gasteiger partial charge in [0.1, 0.15) is 0 Å². The van der Waals surface area contributed by atoms with Gasteiger partial charge >= 0.3 is 0 Å². The van der Waals surface area contributed by atoms with Gasteiger partial charge in [0.2, 0.25) is 0 Å². The highest BCUT2D eigenvalue weighted by Crippen LogP contribution is 2.53. The third kappa shape index (κ3) is 6.75. The van der Waals surface area contributed by atoms with Gasteiger partial charge in [-0.15, -0.1) is 0 Å². The molecular formula is C60H54N2. The van der Waals surface area contributed by atoms with E-state index in [4.69, 9.17) is 0 Å². The highest BCUT2D eigenvalue weighted by atomic mass is 15.1. The van der Waals surface area contributed by atoms with E-state index in [1.807, 2.05) is 0 Å². The Morgan fingerprint density at radius 3 is 0.823 bits per heavy atom. The Morgan fingerprint density at radius 2 is 0.532 bits per heavy atom. The van der Waals surface area contributed by atoms with Crippen molar-refractivity contribution in [2.75, 3.05) is 9.80 Å². The van der Waals surface area contributed by atoms with Gasteiger partial charge in [-0.25, -0.2) is 0 Å². The van der Waals surface area contributed by atoms with Crippen molar-refractivity contribution in [1.82, 2.24) is 0 Å². The van der Waals surface area contributed by atoms with E-state index in [0.29, 0.717) is 0 Å². The molecule has 0 aliphatic heterocycles. The molecule has 0 saturated carbocycles. The normalized spacial score (nSPS) is 14.0. The zero-order chi connectivity index (χ0) is 42.9. The summed E-state index contributed by atoms with van der Waals surface area (Å²) >= 11 is 0. The van der Waals surface area contributed by atoms with Crippen molar-refractivity contribution in [3.05, 3.63) is 225 Å². The van der Waals surface area contributed by atoms with Crippen LogP contribution in [0.1, 0.15) is 83.3 Å². The van der Waals surface area contributed by atoms with Gasteiger partial charge in [-0.3, -0.25) is 0 Å². The summed E-state index contributed by atoms with van der Waals surface area (Å²) in [6.07, 6.45) is 4.58. The van der Waals surface area contributed by atoms with Crippen LogP contribution in [-0.2, 0) is 10.8 Å². The molecule has 0 heterocycles. The van der Waals surface area contributed by atoms with E-state index in [1.54, 1.807) is 0 Å². The molecule has 0 unspecified atom stereocenters. The third-order valence-electron chi connectivity index (χ3n) is 13.5. The first-order valence-corrected chi connectivity index (χ1v) is 22.0. The first-order chi connectivity index (χ1) is 29.8. The Bertz CT molecular complexity index is 2720. The van der Waals surface area contributed by atoms with Crippen molar-refractivity contribution in [1.29, 1.82) is 0 Å². The van der Waals surface area contributed by atoms with Crippen LogP contribution in [0, 0.1) is 27.7 Å². The fourth-order valence-corrected chi connectivity index (χ4v) is 9.83. The molecule has 0 atom stereocenters. The number of nitrogens with zero attached hydrogens (tertiary/aromatic N) is 2. The minimum absolute atomic E-state index is 0.159. The van der Waals surface area contributed by atoms with Crippen LogP contribution in [0.25, 0.3) is 34.4 Å². The van der Waals surface area contributed by atoms with E-state index in [9.17, 15) is 0 Å². The molecule has 0 radical (unpaired) electrons. The molecule has 0 fully saturated rings. The molecule has 0 amide bonds. The molecule has 2 heteroatoms. The summed E-state index contributed by atoms with van der Waals surface area (Å²) in [4.78, 5) is 4.76. The molecule has 0 aromatic heterocycles. The molecule has 2 aliphatic rings. The summed E-state index contributed by atoms with van der Waals surface area (Å²) in [5.41, 5.74) is 24.9. The van der Waals surface area contributed by atoms with E-state index < -0.39 is 0 Å². The van der Waals surface area contributed by atoms with Gasteiger partial charge in [-0.2, -0.15) is 0 Å². The molecule has 2 aliphatic carbocycles. The smallest absolute Gasteiger partial charge is 0.0465 e. The predicted octanol–water partition coefficient (Wildman–Crippen LogP) is 16.6. The van der Waals surface area contributed by atoms with Crippen LogP contribution in [0.5, 0.6) is 0 Å². The average Bonchev–Trinajstić information content (AvgIpc) is 3.64. The maximum atomic E-state index is 2.42. The molecule has 0 spiro atoms. The molecule has 2 nitrogen and oxygen atoms in total. The summed E-state index contributed by atoms with van der Waals surface area (Å²) < 4.78 is 0. The number of hydrogen-bond donors (Lipinski definition) is 0. The molecular weight excluding hydrogens is 749 g/mol. The summed E-state index contributed by atoms with van der Waals surface area (Å²) in [6.45, 7) is 18.1. The summed E-state index contributed by atoms with van der Waals surface area (Å²) in [6, 6.07) is 63.5. The number of hydrogen-bond acceptors (Lipinski definition) is 2. The van der Waals surface area contributed by atoms with Crippen LogP contribution >= 0.6 is 0 Å². The fourth-order valence-electron chi connectivity index (χ4n) is 9.83. The van der Waals surface area contributed by atoms with Crippen LogP contribution in [0.3, 0.4) is 0 Å². The van der Waals surface area contributed by atoms with E-state index in [2.05, 4.69) is 247 Å². The van der Waals surface area contributed by atoms with Crippen molar-refractivity contribution in [3.8, 4) is 22.3 Å². The van der Waals surface area contributed by atoms with Gasteiger partial charge in [-0.05, 0) is 156 Å². The van der Waals surface area contributed by atoms with E-state index >= 15 is 0 Å². The number of aryl methyl sites for hydroxylation is 4. The molecule has 0 bridgehead atoms. The molecule has 0 N–H and O–H groups in total. The molecule has 10 rings (SSSR count). The largest absolute Gasteiger partial charge is 0.310 e. The zero-order valence-corrected chi connectivity index (χ0v) is 37.2. The monoisotopic (exact) mass is 802 g/mol. The molecule has 8 aromatic carbocycles. The lowest BCUT2D eigenvalue weighted by atomic mass is 9.81. The maximum absolute atomic E-state index is 2.42. The third-order valence-corrected chi connectivity index (χ3v) is 13.5. The first kappa shape index (κ1) is 39.2. The molecule has 304 valence electrons. The van der Waals surface area contributed by atoms with Gasteiger partial charge in [0.15, 0.2) is 0 Å². The second-order valence-electron chi connectivity index (χ2n) is 18.7. The second-order valence-corrected chi connectivity index (χ2v) is 18.7. The van der Waals surface area contributed by atoms with Crippen molar-refractivity contribution in [3.63, 3.8) is 0 Å². The number of benzene rings is 8. The van der Waals surface area contributed by atoms with Crippen LogP contribution in [0.4, 0.5) is 34.1 Å². The lowest BCUT2D eigenvalue weighted by molar-refractivity contribution is 0.660. The zero-order valence-electron chi connectivity index (χ0n) is 37.2. The first-order valence-electron chi connectivity index (χ1n) is 22.0. The van der Waals surface area contributed by atoms with Crippen LogP contribution < -0.4 is 9.80 Å². The average molecular weight is 803 g/mol. The fraction of sp³-hybridized carbons (Fsp3) is 0.167. The molecule has 0 saturated heterocycles. The van der Waals surface area contributed by atoms with Crippen molar-refractivity contribution in [2.45, 2.75) is 66.2 Å². The SMILES string of the molecule is Cc1ccc(N(c2ccc(C)cc2)c2ccc3c(c2)C(C)(C)c2cc(/C=C/c4ccc5c(c4)C(C)(C)c4cc(N(c6ccc(C)cc6)c6ccc(C)cc6)ccc4-5)ccc2-3)cc1. The van der Waals surface area contributed by atoms with E-state index in [0.717, 1.165) is 22.7 Å². The van der Waals surface area contributed by atoms with Crippen molar-refractivity contribution in [2.24, 2.45) is 0 Å².